The third-order valence-electron chi connectivity index (χ3n) is 3.97. The van der Waals surface area contributed by atoms with Crippen LogP contribution in [0.3, 0.4) is 0 Å². The van der Waals surface area contributed by atoms with Crippen LogP contribution in [0.15, 0.2) is 65.1 Å². The smallest absolute Gasteiger partial charge is 0.374 e. The van der Waals surface area contributed by atoms with Crippen LogP contribution in [0.2, 0.25) is 0 Å². The molecular formula is C21H17N3O7. The fourth-order valence-corrected chi connectivity index (χ4v) is 2.63. The number of hydrogen-bond acceptors (Lipinski definition) is 7. The minimum absolute atomic E-state index is 0.0661. The second-order valence-electron chi connectivity index (χ2n) is 6.35. The largest absolute Gasteiger partial charge is 0.450 e. The van der Waals surface area contributed by atoms with Gasteiger partial charge in [0.25, 0.3) is 11.6 Å². The van der Waals surface area contributed by atoms with Crippen LogP contribution in [0.4, 0.5) is 17.1 Å². The zero-order chi connectivity index (χ0) is 22.4. The van der Waals surface area contributed by atoms with Gasteiger partial charge in [-0.25, -0.2) is 4.79 Å². The van der Waals surface area contributed by atoms with Crippen LogP contribution in [0.1, 0.15) is 17.5 Å². The second-order valence-corrected chi connectivity index (χ2v) is 6.35. The minimum atomic E-state index is -0.838. The Bertz CT molecular complexity index is 1140. The van der Waals surface area contributed by atoms with E-state index in [0.29, 0.717) is 22.7 Å². The maximum atomic E-state index is 12.1. The summed E-state index contributed by atoms with van der Waals surface area (Å²) in [6, 6.07) is 15.0. The zero-order valence-corrected chi connectivity index (χ0v) is 16.3. The number of nitrogens with one attached hydrogen (secondary N) is 2. The Hall–Kier alpha value is -4.47. The number of carbonyl (C=O) groups excluding carboxylic acids is 3. The summed E-state index contributed by atoms with van der Waals surface area (Å²) >= 11 is 0. The first-order chi connectivity index (χ1) is 14.8. The number of amides is 2. The molecule has 0 spiro atoms. The molecule has 0 aliphatic rings. The van der Waals surface area contributed by atoms with Crippen molar-refractivity contribution in [1.29, 1.82) is 0 Å². The van der Waals surface area contributed by atoms with E-state index >= 15 is 0 Å². The standard InChI is InChI=1S/C21H17N3O7/c1-13(25)22-15-3-2-4-16(11-15)23-20(26)12-30-21(27)19-10-9-18(31-19)14-5-7-17(8-6-14)24(28)29/h2-11H,12H2,1H3,(H,22,25)(H,23,26). The molecule has 0 bridgehead atoms. The third-order valence-corrected chi connectivity index (χ3v) is 3.97. The normalized spacial score (nSPS) is 10.2. The molecule has 1 aromatic heterocycles. The summed E-state index contributed by atoms with van der Waals surface area (Å²) in [6.07, 6.45) is 0. The van der Waals surface area contributed by atoms with Gasteiger partial charge in [0.15, 0.2) is 6.61 Å². The van der Waals surface area contributed by atoms with Crippen LogP contribution < -0.4 is 10.6 Å². The SMILES string of the molecule is CC(=O)Nc1cccc(NC(=O)COC(=O)c2ccc(-c3ccc([N+](=O)[O-])cc3)o2)c1. The van der Waals surface area contributed by atoms with E-state index in [2.05, 4.69) is 10.6 Å². The molecule has 0 radical (unpaired) electrons. The summed E-state index contributed by atoms with van der Waals surface area (Å²) in [5.74, 6) is -1.45. The second kappa shape index (κ2) is 9.35. The number of benzene rings is 2. The van der Waals surface area contributed by atoms with Crippen molar-refractivity contribution in [2.24, 2.45) is 0 Å². The Labute approximate surface area is 176 Å². The lowest BCUT2D eigenvalue weighted by Gasteiger charge is -2.08. The number of furan rings is 1. The lowest BCUT2D eigenvalue weighted by Crippen LogP contribution is -2.20. The lowest BCUT2D eigenvalue weighted by atomic mass is 10.1. The maximum Gasteiger partial charge on any atom is 0.374 e. The number of esters is 1. The van der Waals surface area contributed by atoms with Crippen molar-refractivity contribution in [2.45, 2.75) is 6.92 Å². The number of rotatable bonds is 7. The molecule has 0 saturated heterocycles. The van der Waals surface area contributed by atoms with Gasteiger partial charge in [-0.2, -0.15) is 0 Å². The molecule has 0 aliphatic carbocycles. The molecule has 0 saturated carbocycles. The van der Waals surface area contributed by atoms with Crippen LogP contribution in [0, 0.1) is 10.1 Å². The summed E-state index contributed by atoms with van der Waals surface area (Å²) in [5.41, 5.74) is 1.41. The molecule has 31 heavy (non-hydrogen) atoms. The highest BCUT2D eigenvalue weighted by Crippen LogP contribution is 2.25. The van der Waals surface area contributed by atoms with Gasteiger partial charge >= 0.3 is 5.97 Å². The van der Waals surface area contributed by atoms with E-state index in [1.807, 2.05) is 0 Å². The highest BCUT2D eigenvalue weighted by molar-refractivity contribution is 5.96. The molecule has 0 unspecified atom stereocenters. The first-order valence-corrected chi connectivity index (χ1v) is 9.01. The van der Waals surface area contributed by atoms with Crippen LogP contribution in [0.5, 0.6) is 0 Å². The molecule has 10 nitrogen and oxygen atoms in total. The molecule has 2 amide bonds. The summed E-state index contributed by atoms with van der Waals surface area (Å²) in [5, 5.41) is 15.9. The Balaban J connectivity index is 1.55. The summed E-state index contributed by atoms with van der Waals surface area (Å²) in [4.78, 5) is 45.5. The summed E-state index contributed by atoms with van der Waals surface area (Å²) < 4.78 is 10.4. The Morgan fingerprint density at radius 2 is 1.68 bits per heavy atom. The number of anilines is 2. The van der Waals surface area contributed by atoms with E-state index in [1.165, 1.54) is 43.3 Å². The molecule has 3 aromatic rings. The van der Waals surface area contributed by atoms with Gasteiger partial charge < -0.3 is 19.8 Å². The predicted molar refractivity (Wildman–Crippen MR) is 110 cm³/mol. The van der Waals surface area contributed by atoms with E-state index in [0.717, 1.165) is 0 Å². The van der Waals surface area contributed by atoms with Crippen LogP contribution in [0.25, 0.3) is 11.3 Å². The lowest BCUT2D eigenvalue weighted by molar-refractivity contribution is -0.384. The number of nitro groups is 1. The molecule has 0 atom stereocenters. The Kier molecular flexibility index (Phi) is 6.41. The fraction of sp³-hybridized carbons (Fsp3) is 0.0952. The van der Waals surface area contributed by atoms with Crippen molar-refractivity contribution in [3.63, 3.8) is 0 Å². The summed E-state index contributed by atoms with van der Waals surface area (Å²) in [6.45, 7) is 0.823. The first kappa shape index (κ1) is 21.2. The Morgan fingerprint density at radius 1 is 1.00 bits per heavy atom. The minimum Gasteiger partial charge on any atom is -0.450 e. The summed E-state index contributed by atoms with van der Waals surface area (Å²) in [7, 11) is 0. The number of non-ortho nitro benzene ring substituents is 1. The highest BCUT2D eigenvalue weighted by Gasteiger charge is 2.16. The van der Waals surface area contributed by atoms with Gasteiger partial charge in [0.2, 0.25) is 11.7 Å². The molecule has 0 aliphatic heterocycles. The van der Waals surface area contributed by atoms with Crippen LogP contribution in [-0.4, -0.2) is 29.3 Å². The average molecular weight is 423 g/mol. The van der Waals surface area contributed by atoms with Crippen LogP contribution >= 0.6 is 0 Å². The van der Waals surface area contributed by atoms with Crippen LogP contribution in [-0.2, 0) is 14.3 Å². The van der Waals surface area contributed by atoms with E-state index in [1.54, 1.807) is 24.3 Å². The Morgan fingerprint density at radius 3 is 2.32 bits per heavy atom. The van der Waals surface area contributed by atoms with Crippen molar-refractivity contribution in [3.05, 3.63) is 76.5 Å². The molecule has 0 fully saturated rings. The fourth-order valence-electron chi connectivity index (χ4n) is 2.63. The van der Waals surface area contributed by atoms with E-state index in [-0.39, 0.29) is 17.4 Å². The molecule has 158 valence electrons. The van der Waals surface area contributed by atoms with Crippen molar-refractivity contribution in [2.75, 3.05) is 17.2 Å². The quantitative estimate of drug-likeness (QED) is 0.336. The number of nitrogens with zero attached hydrogens (tertiary/aromatic N) is 1. The molecule has 10 heteroatoms. The van der Waals surface area contributed by atoms with Crippen molar-refractivity contribution < 1.29 is 28.5 Å². The average Bonchev–Trinajstić information content (AvgIpc) is 3.22. The van der Waals surface area contributed by atoms with Gasteiger partial charge in [0.05, 0.1) is 4.92 Å². The molecule has 2 N–H and O–H groups in total. The highest BCUT2D eigenvalue weighted by atomic mass is 16.6. The van der Waals surface area contributed by atoms with Gasteiger partial charge in [0.1, 0.15) is 5.76 Å². The monoisotopic (exact) mass is 423 g/mol. The molecule has 1 heterocycles. The predicted octanol–water partition coefficient (Wildman–Crippen LogP) is 3.61. The van der Waals surface area contributed by atoms with Crippen molar-refractivity contribution in [1.82, 2.24) is 0 Å². The third kappa shape index (κ3) is 5.76. The van der Waals surface area contributed by atoms with E-state index in [9.17, 15) is 24.5 Å². The van der Waals surface area contributed by atoms with Gasteiger partial charge in [-0.1, -0.05) is 6.07 Å². The van der Waals surface area contributed by atoms with Crippen molar-refractivity contribution in [3.8, 4) is 11.3 Å². The number of hydrogen-bond donors (Lipinski definition) is 2. The van der Waals surface area contributed by atoms with Gasteiger partial charge in [-0.3, -0.25) is 19.7 Å². The number of ether oxygens (including phenoxy) is 1. The number of carbonyl (C=O) groups is 3. The van der Waals surface area contributed by atoms with E-state index < -0.39 is 23.4 Å². The van der Waals surface area contributed by atoms with E-state index in [4.69, 9.17) is 9.15 Å². The molecular weight excluding hydrogens is 406 g/mol. The number of nitro benzene ring substituents is 1. The molecule has 3 rings (SSSR count). The van der Waals surface area contributed by atoms with Gasteiger partial charge in [0, 0.05) is 36.0 Å². The van der Waals surface area contributed by atoms with Gasteiger partial charge in [-0.05, 0) is 42.5 Å². The van der Waals surface area contributed by atoms with Gasteiger partial charge in [-0.15, -0.1) is 0 Å². The first-order valence-electron chi connectivity index (χ1n) is 9.01. The van der Waals surface area contributed by atoms with Crippen molar-refractivity contribution >= 4 is 34.8 Å². The maximum absolute atomic E-state index is 12.1. The molecule has 2 aromatic carbocycles. The topological polar surface area (TPSA) is 141 Å². The zero-order valence-electron chi connectivity index (χ0n) is 16.3.